The van der Waals surface area contributed by atoms with Crippen molar-refractivity contribution in [1.29, 1.82) is 0 Å². The Morgan fingerprint density at radius 1 is 1.41 bits per heavy atom. The van der Waals surface area contributed by atoms with E-state index in [1.807, 2.05) is 4.57 Å². The summed E-state index contributed by atoms with van der Waals surface area (Å²) >= 11 is 1.34. The van der Waals surface area contributed by atoms with Crippen molar-refractivity contribution >= 4 is 17.7 Å². The molecule has 0 unspecified atom stereocenters. The van der Waals surface area contributed by atoms with Gasteiger partial charge in [0.2, 0.25) is 0 Å². The highest BCUT2D eigenvalue weighted by Gasteiger charge is 2.19. The molecule has 1 heterocycles. The molecule has 0 saturated heterocycles. The number of methoxy groups -OCH3 is 1. The van der Waals surface area contributed by atoms with Gasteiger partial charge in [0.1, 0.15) is 12.7 Å². The molecule has 0 spiro atoms. The maximum Gasteiger partial charge on any atom is 0.316 e. The summed E-state index contributed by atoms with van der Waals surface area (Å²) in [5.74, 6) is 0.794. The van der Waals surface area contributed by atoms with E-state index in [2.05, 4.69) is 16.8 Å². The zero-order chi connectivity index (χ0) is 15.8. The molecule has 1 aromatic rings. The Kier molecular flexibility index (Phi) is 6.92. The highest BCUT2D eigenvalue weighted by molar-refractivity contribution is 7.99. The Balaban J connectivity index is 1.87. The van der Waals surface area contributed by atoms with Gasteiger partial charge in [-0.25, -0.2) is 0 Å². The van der Waals surface area contributed by atoms with Crippen LogP contribution in [0.1, 0.15) is 37.9 Å². The minimum absolute atomic E-state index is 0.0944. The molecule has 0 atom stereocenters. The molecule has 7 heteroatoms. The van der Waals surface area contributed by atoms with E-state index in [4.69, 9.17) is 9.47 Å². The number of carbonyl (C=O) groups excluding carboxylic acids is 1. The van der Waals surface area contributed by atoms with Gasteiger partial charge in [-0.1, -0.05) is 24.3 Å². The third-order valence-electron chi connectivity index (χ3n) is 3.55. The number of nitrogens with zero attached hydrogens (tertiary/aromatic N) is 3. The van der Waals surface area contributed by atoms with Crippen LogP contribution in [-0.2, 0) is 27.4 Å². The van der Waals surface area contributed by atoms with Gasteiger partial charge >= 0.3 is 5.97 Å². The fraction of sp³-hybridized carbons (Fsp3) is 0.667. The topological polar surface area (TPSA) is 66.2 Å². The summed E-state index contributed by atoms with van der Waals surface area (Å²) in [6, 6.07) is 0. The van der Waals surface area contributed by atoms with Crippen LogP contribution in [0.2, 0.25) is 0 Å². The lowest BCUT2D eigenvalue weighted by Gasteiger charge is -2.21. The molecule has 1 fully saturated rings. The van der Waals surface area contributed by atoms with Gasteiger partial charge in [-0.05, 0) is 25.7 Å². The van der Waals surface area contributed by atoms with E-state index in [-0.39, 0.29) is 17.8 Å². The van der Waals surface area contributed by atoms with Crippen molar-refractivity contribution in [2.75, 3.05) is 12.9 Å². The maximum absolute atomic E-state index is 11.9. The molecule has 1 aromatic heterocycles. The van der Waals surface area contributed by atoms with Crippen LogP contribution in [0.3, 0.4) is 0 Å². The second-order valence-electron chi connectivity index (χ2n) is 5.27. The second kappa shape index (κ2) is 8.95. The Morgan fingerprint density at radius 2 is 2.18 bits per heavy atom. The van der Waals surface area contributed by atoms with Crippen molar-refractivity contribution in [3.05, 3.63) is 18.5 Å². The molecule has 2 rings (SSSR count). The molecule has 0 aromatic carbocycles. The first kappa shape index (κ1) is 17.0. The van der Waals surface area contributed by atoms with Crippen molar-refractivity contribution in [2.24, 2.45) is 0 Å². The van der Waals surface area contributed by atoms with Crippen LogP contribution in [0.25, 0.3) is 0 Å². The first-order chi connectivity index (χ1) is 10.7. The molecule has 0 bridgehead atoms. The number of hydrogen-bond donors (Lipinski definition) is 0. The summed E-state index contributed by atoms with van der Waals surface area (Å²) in [6.07, 6.45) is 7.39. The van der Waals surface area contributed by atoms with Crippen LogP contribution in [0.15, 0.2) is 17.8 Å². The SMILES string of the molecule is C=CCn1c(COC)nnc1SCC(=O)OC1CCCCC1. The lowest BCUT2D eigenvalue weighted by Crippen LogP contribution is -2.22. The summed E-state index contributed by atoms with van der Waals surface area (Å²) in [7, 11) is 1.61. The third-order valence-corrected chi connectivity index (χ3v) is 4.49. The second-order valence-corrected chi connectivity index (χ2v) is 6.21. The van der Waals surface area contributed by atoms with Gasteiger partial charge in [-0.3, -0.25) is 4.79 Å². The molecule has 0 radical (unpaired) electrons. The summed E-state index contributed by atoms with van der Waals surface area (Å²) in [4.78, 5) is 11.9. The summed E-state index contributed by atoms with van der Waals surface area (Å²) in [6.45, 7) is 4.70. The van der Waals surface area contributed by atoms with Gasteiger partial charge < -0.3 is 14.0 Å². The van der Waals surface area contributed by atoms with Crippen LogP contribution < -0.4 is 0 Å². The van der Waals surface area contributed by atoms with Crippen molar-refractivity contribution in [1.82, 2.24) is 14.8 Å². The van der Waals surface area contributed by atoms with Crippen molar-refractivity contribution in [2.45, 2.75) is 56.5 Å². The zero-order valence-electron chi connectivity index (χ0n) is 13.0. The monoisotopic (exact) mass is 325 g/mol. The van der Waals surface area contributed by atoms with Crippen LogP contribution in [0.4, 0.5) is 0 Å². The van der Waals surface area contributed by atoms with E-state index in [1.54, 1.807) is 13.2 Å². The van der Waals surface area contributed by atoms with Crippen molar-refractivity contribution in [3.63, 3.8) is 0 Å². The molecule has 122 valence electrons. The summed E-state index contributed by atoms with van der Waals surface area (Å²) in [5.41, 5.74) is 0. The molecule has 6 nitrogen and oxygen atoms in total. The highest BCUT2D eigenvalue weighted by atomic mass is 32.2. The molecule has 0 N–H and O–H groups in total. The number of thioether (sulfide) groups is 1. The molecule has 0 aliphatic heterocycles. The average Bonchev–Trinajstić information content (AvgIpc) is 2.89. The Labute approximate surface area is 135 Å². The van der Waals surface area contributed by atoms with Gasteiger partial charge in [0, 0.05) is 13.7 Å². The van der Waals surface area contributed by atoms with Crippen LogP contribution in [0, 0.1) is 0 Å². The molecule has 1 aliphatic rings. The van der Waals surface area contributed by atoms with E-state index in [0.29, 0.717) is 18.3 Å². The van der Waals surface area contributed by atoms with Gasteiger partial charge in [-0.2, -0.15) is 0 Å². The zero-order valence-corrected chi connectivity index (χ0v) is 13.8. The van der Waals surface area contributed by atoms with Gasteiger partial charge in [0.25, 0.3) is 0 Å². The summed E-state index contributed by atoms with van der Waals surface area (Å²) < 4.78 is 12.5. The van der Waals surface area contributed by atoms with Crippen molar-refractivity contribution < 1.29 is 14.3 Å². The Bertz CT molecular complexity index is 498. The molecular formula is C15H23N3O3S. The predicted molar refractivity (Wildman–Crippen MR) is 84.6 cm³/mol. The fourth-order valence-corrected chi connectivity index (χ4v) is 3.25. The largest absolute Gasteiger partial charge is 0.462 e. The Morgan fingerprint density at radius 3 is 2.86 bits per heavy atom. The predicted octanol–water partition coefficient (Wildman–Crippen LogP) is 2.58. The number of carbonyl (C=O) groups is 1. The molecular weight excluding hydrogens is 302 g/mol. The van der Waals surface area contributed by atoms with Crippen LogP contribution >= 0.6 is 11.8 Å². The van der Waals surface area contributed by atoms with Gasteiger partial charge in [0.05, 0.1) is 5.75 Å². The normalized spacial score (nSPS) is 15.7. The Hall–Kier alpha value is -1.34. The maximum atomic E-state index is 11.9. The number of rotatable bonds is 8. The standard InChI is InChI=1S/C15H23N3O3S/c1-3-9-18-13(10-20-2)16-17-15(18)22-11-14(19)21-12-7-5-4-6-8-12/h3,12H,1,4-11H2,2H3. The number of hydrogen-bond acceptors (Lipinski definition) is 6. The van der Waals surface area contributed by atoms with Crippen molar-refractivity contribution in [3.8, 4) is 0 Å². The average molecular weight is 325 g/mol. The summed E-state index contributed by atoms with van der Waals surface area (Å²) in [5, 5.41) is 8.89. The highest BCUT2D eigenvalue weighted by Crippen LogP contribution is 2.22. The van der Waals surface area contributed by atoms with Gasteiger partial charge in [0.15, 0.2) is 11.0 Å². The lowest BCUT2D eigenvalue weighted by molar-refractivity contribution is -0.147. The van der Waals surface area contributed by atoms with E-state index in [1.165, 1.54) is 18.2 Å². The minimum Gasteiger partial charge on any atom is -0.462 e. The number of esters is 1. The van der Waals surface area contributed by atoms with E-state index in [0.717, 1.165) is 31.5 Å². The van der Waals surface area contributed by atoms with Crippen LogP contribution in [0.5, 0.6) is 0 Å². The lowest BCUT2D eigenvalue weighted by atomic mass is 9.98. The number of ether oxygens (including phenoxy) is 2. The van der Waals surface area contributed by atoms with E-state index in [9.17, 15) is 4.79 Å². The number of allylic oxidation sites excluding steroid dienone is 1. The molecule has 0 amide bonds. The molecule has 1 saturated carbocycles. The minimum atomic E-state index is -0.182. The third kappa shape index (κ3) is 4.84. The molecule has 22 heavy (non-hydrogen) atoms. The van der Waals surface area contributed by atoms with E-state index < -0.39 is 0 Å². The first-order valence-corrected chi connectivity index (χ1v) is 8.57. The first-order valence-electron chi connectivity index (χ1n) is 7.58. The molecule has 1 aliphatic carbocycles. The van der Waals surface area contributed by atoms with Crippen LogP contribution in [-0.4, -0.2) is 39.7 Å². The number of aromatic nitrogens is 3. The quantitative estimate of drug-likeness (QED) is 0.416. The smallest absolute Gasteiger partial charge is 0.316 e. The van der Waals surface area contributed by atoms with Gasteiger partial charge in [-0.15, -0.1) is 16.8 Å². The van der Waals surface area contributed by atoms with E-state index >= 15 is 0 Å². The fourth-order valence-electron chi connectivity index (χ4n) is 2.50.